The van der Waals surface area contributed by atoms with E-state index in [2.05, 4.69) is 19.7 Å². The summed E-state index contributed by atoms with van der Waals surface area (Å²) in [5.74, 6) is -0.151. The Labute approximate surface area is 104 Å². The molecule has 0 saturated heterocycles. The van der Waals surface area contributed by atoms with E-state index in [0.717, 1.165) is 0 Å². The van der Waals surface area contributed by atoms with Crippen molar-refractivity contribution in [2.45, 2.75) is 12.3 Å². The zero-order chi connectivity index (χ0) is 13.6. The molecule has 0 aliphatic rings. The van der Waals surface area contributed by atoms with E-state index >= 15 is 0 Å². The van der Waals surface area contributed by atoms with Gasteiger partial charge in [0.05, 0.1) is 0 Å². The van der Waals surface area contributed by atoms with Crippen molar-refractivity contribution in [3.8, 4) is 0 Å². The third-order valence-corrected chi connectivity index (χ3v) is 2.48. The van der Waals surface area contributed by atoms with Gasteiger partial charge < -0.3 is 4.90 Å². The molecule has 0 spiro atoms. The van der Waals surface area contributed by atoms with Gasteiger partial charge in [-0.1, -0.05) is 31.9 Å². The minimum atomic E-state index is -0.203. The Bertz CT molecular complexity index is 277. The van der Waals surface area contributed by atoms with Gasteiger partial charge in [0, 0.05) is 0 Å². The number of nitrogens with zero attached hydrogens (tertiary/aromatic N) is 3. The van der Waals surface area contributed by atoms with E-state index in [1.54, 1.807) is 17.1 Å². The molecule has 0 aliphatic heterocycles. The van der Waals surface area contributed by atoms with Crippen LogP contribution < -0.4 is 0 Å². The van der Waals surface area contributed by atoms with Crippen LogP contribution in [0.4, 0.5) is 0 Å². The first-order valence-corrected chi connectivity index (χ1v) is 5.43. The van der Waals surface area contributed by atoms with Gasteiger partial charge in [-0.2, -0.15) is 0 Å². The van der Waals surface area contributed by atoms with Gasteiger partial charge in [-0.25, -0.2) is 0 Å². The monoisotopic (exact) mass is 237 g/mol. The Morgan fingerprint density at radius 1 is 0.941 bits per heavy atom. The largest absolute Gasteiger partial charge is 0.301 e. The third-order valence-electron chi connectivity index (χ3n) is 2.48. The normalized spacial score (nSPS) is 14.2. The van der Waals surface area contributed by atoms with E-state index in [1.165, 1.54) is 6.08 Å². The zero-order valence-corrected chi connectivity index (χ0v) is 11.3. The number of hydrogen-bond acceptors (Lipinski definition) is 3. The summed E-state index contributed by atoms with van der Waals surface area (Å²) >= 11 is 0. The summed E-state index contributed by atoms with van der Waals surface area (Å²) in [6.45, 7) is 11.1. The fourth-order valence-electron chi connectivity index (χ4n) is 1.67. The van der Waals surface area contributed by atoms with E-state index in [1.807, 2.05) is 38.0 Å². The Morgan fingerprint density at radius 3 is 1.47 bits per heavy atom. The van der Waals surface area contributed by atoms with E-state index in [-0.39, 0.29) is 18.2 Å². The van der Waals surface area contributed by atoms with Gasteiger partial charge in [0.15, 0.2) is 0 Å². The van der Waals surface area contributed by atoms with Crippen molar-refractivity contribution >= 4 is 5.91 Å². The van der Waals surface area contributed by atoms with Gasteiger partial charge in [-0.05, 0) is 34.3 Å². The Kier molecular flexibility index (Phi) is 6.46. The first-order chi connectivity index (χ1) is 7.90. The topological polar surface area (TPSA) is 26.8 Å². The van der Waals surface area contributed by atoms with Gasteiger partial charge >= 0.3 is 0 Å². The molecule has 0 fully saturated rings. The maximum atomic E-state index is 12.0. The molecule has 0 radical (unpaired) electrons. The first kappa shape index (κ1) is 15.6. The molecule has 96 valence electrons. The highest BCUT2D eigenvalue weighted by atomic mass is 16.2. The number of hydrogen-bond donors (Lipinski definition) is 0. The van der Waals surface area contributed by atoms with Crippen molar-refractivity contribution in [1.29, 1.82) is 0 Å². The van der Waals surface area contributed by atoms with Crippen LogP contribution in [-0.4, -0.2) is 61.1 Å². The summed E-state index contributed by atoms with van der Waals surface area (Å²) in [5.41, 5.74) is 0. The van der Waals surface area contributed by atoms with Crippen LogP contribution in [-0.2, 0) is 4.79 Å². The molecular weight excluding hydrogens is 214 g/mol. The summed E-state index contributed by atoms with van der Waals surface area (Å²) in [6, 6.07) is 0. The van der Waals surface area contributed by atoms with Crippen molar-refractivity contribution in [1.82, 2.24) is 14.7 Å². The number of rotatable bonds is 7. The number of likely N-dealkylation sites (N-methyl/N-ethyl adjacent to an activating group) is 2. The Balaban J connectivity index is 5.37. The maximum Gasteiger partial charge on any atom is 0.248 e. The van der Waals surface area contributed by atoms with Gasteiger partial charge in [-0.15, -0.1) is 0 Å². The van der Waals surface area contributed by atoms with Crippen LogP contribution in [0.2, 0.25) is 0 Å². The van der Waals surface area contributed by atoms with Crippen LogP contribution in [0.5, 0.6) is 0 Å². The molecule has 1 amide bonds. The molecule has 0 N–H and O–H groups in total. The molecule has 0 aliphatic carbocycles. The molecule has 2 atom stereocenters. The fraction of sp³-hybridized carbons (Fsp3) is 0.462. The molecule has 0 bridgehead atoms. The number of amides is 1. The molecule has 0 rings (SSSR count). The quantitative estimate of drug-likeness (QED) is 0.377. The summed E-state index contributed by atoms with van der Waals surface area (Å²) in [7, 11) is 7.58. The Hall–Kier alpha value is -1.39. The lowest BCUT2D eigenvalue weighted by atomic mass is 10.2. The van der Waals surface area contributed by atoms with Gasteiger partial charge in [0.25, 0.3) is 0 Å². The van der Waals surface area contributed by atoms with Crippen molar-refractivity contribution in [3.63, 3.8) is 0 Å². The number of carbonyl (C=O) groups excluding carboxylic acids is 1. The molecular formula is C13H23N3O. The van der Waals surface area contributed by atoms with Gasteiger partial charge in [0.2, 0.25) is 5.91 Å². The van der Waals surface area contributed by atoms with Crippen molar-refractivity contribution in [3.05, 3.63) is 38.0 Å². The molecule has 17 heavy (non-hydrogen) atoms. The van der Waals surface area contributed by atoms with Crippen LogP contribution >= 0.6 is 0 Å². The lowest BCUT2D eigenvalue weighted by Gasteiger charge is -2.40. The standard InChI is InChI=1S/C13H23N3O/c1-8-11(14(4)5)16(13(17)10-3)12(9-2)15(6)7/h8-12H,1-3H2,4-7H3. The molecule has 0 aromatic rings. The lowest BCUT2D eigenvalue weighted by molar-refractivity contribution is -0.135. The second-order valence-electron chi connectivity index (χ2n) is 4.18. The second-order valence-corrected chi connectivity index (χ2v) is 4.18. The molecule has 4 nitrogen and oxygen atoms in total. The van der Waals surface area contributed by atoms with Gasteiger partial charge in [-0.3, -0.25) is 14.6 Å². The van der Waals surface area contributed by atoms with Crippen LogP contribution in [0, 0.1) is 0 Å². The maximum absolute atomic E-state index is 12.0. The first-order valence-electron chi connectivity index (χ1n) is 5.43. The Morgan fingerprint density at radius 2 is 1.29 bits per heavy atom. The minimum absolute atomic E-state index is 0.151. The highest BCUT2D eigenvalue weighted by molar-refractivity contribution is 5.87. The van der Waals surface area contributed by atoms with Crippen LogP contribution in [0.25, 0.3) is 0 Å². The van der Waals surface area contributed by atoms with Crippen LogP contribution in [0.15, 0.2) is 38.0 Å². The molecule has 2 unspecified atom stereocenters. The van der Waals surface area contributed by atoms with Crippen molar-refractivity contribution in [2.24, 2.45) is 0 Å². The highest BCUT2D eigenvalue weighted by Crippen LogP contribution is 2.13. The van der Waals surface area contributed by atoms with Crippen LogP contribution in [0.1, 0.15) is 0 Å². The predicted octanol–water partition coefficient (Wildman–Crippen LogP) is 1.15. The average Bonchev–Trinajstić information content (AvgIpc) is 2.27. The van der Waals surface area contributed by atoms with Gasteiger partial charge in [0.1, 0.15) is 12.3 Å². The average molecular weight is 237 g/mol. The molecule has 0 aromatic carbocycles. The molecule has 4 heteroatoms. The SMILES string of the molecule is C=CC(=O)N(C(C=C)N(C)C)C(C=C)N(C)C. The van der Waals surface area contributed by atoms with E-state index < -0.39 is 0 Å². The van der Waals surface area contributed by atoms with E-state index in [9.17, 15) is 4.79 Å². The molecule has 0 saturated carbocycles. The summed E-state index contributed by atoms with van der Waals surface area (Å²) < 4.78 is 0. The smallest absolute Gasteiger partial charge is 0.248 e. The van der Waals surface area contributed by atoms with Crippen LogP contribution in [0.3, 0.4) is 0 Å². The van der Waals surface area contributed by atoms with E-state index in [4.69, 9.17) is 0 Å². The highest BCUT2D eigenvalue weighted by Gasteiger charge is 2.28. The lowest BCUT2D eigenvalue weighted by Crippen LogP contribution is -2.55. The zero-order valence-electron chi connectivity index (χ0n) is 11.3. The third kappa shape index (κ3) is 3.84. The number of carbonyl (C=O) groups is 1. The minimum Gasteiger partial charge on any atom is -0.301 e. The summed E-state index contributed by atoms with van der Waals surface area (Å²) in [4.78, 5) is 17.5. The molecule has 0 heterocycles. The summed E-state index contributed by atoms with van der Waals surface area (Å²) in [5, 5.41) is 0. The van der Waals surface area contributed by atoms with Crippen molar-refractivity contribution in [2.75, 3.05) is 28.2 Å². The summed E-state index contributed by atoms with van der Waals surface area (Å²) in [6.07, 6.45) is 4.35. The predicted molar refractivity (Wildman–Crippen MR) is 72.4 cm³/mol. The van der Waals surface area contributed by atoms with Crippen molar-refractivity contribution < 1.29 is 4.79 Å². The fourth-order valence-corrected chi connectivity index (χ4v) is 1.67. The second kappa shape index (κ2) is 7.04. The molecule has 0 aromatic heterocycles. The van der Waals surface area contributed by atoms with E-state index in [0.29, 0.717) is 0 Å².